The SMILES string of the molecule is O=C(O)CCN(C(=O)NC1CCCCCC1)C1CC1. The molecule has 0 aromatic carbocycles. The van der Waals surface area contributed by atoms with Crippen molar-refractivity contribution in [1.82, 2.24) is 10.2 Å². The Balaban J connectivity index is 1.82. The minimum absolute atomic E-state index is 0.0363. The van der Waals surface area contributed by atoms with E-state index in [9.17, 15) is 9.59 Å². The number of hydrogen-bond acceptors (Lipinski definition) is 2. The Morgan fingerprint density at radius 3 is 2.21 bits per heavy atom. The number of rotatable bonds is 5. The lowest BCUT2D eigenvalue weighted by Crippen LogP contribution is -2.46. The molecule has 0 heterocycles. The molecule has 2 aliphatic carbocycles. The first-order chi connectivity index (χ1) is 9.16. The number of carbonyl (C=O) groups is 2. The van der Waals surface area contributed by atoms with E-state index in [4.69, 9.17) is 5.11 Å². The predicted octanol–water partition coefficient (Wildman–Crippen LogP) is 2.36. The summed E-state index contributed by atoms with van der Waals surface area (Å²) >= 11 is 0. The van der Waals surface area contributed by atoms with Crippen molar-refractivity contribution < 1.29 is 14.7 Å². The predicted molar refractivity (Wildman–Crippen MR) is 72.0 cm³/mol. The van der Waals surface area contributed by atoms with Crippen LogP contribution in [-0.4, -0.2) is 40.6 Å². The van der Waals surface area contributed by atoms with Crippen molar-refractivity contribution in [2.45, 2.75) is 69.9 Å². The molecule has 2 fully saturated rings. The molecule has 5 nitrogen and oxygen atoms in total. The van der Waals surface area contributed by atoms with Crippen LogP contribution in [0.25, 0.3) is 0 Å². The average Bonchev–Trinajstić information content (AvgIpc) is 3.16. The van der Waals surface area contributed by atoms with Gasteiger partial charge in [0.2, 0.25) is 0 Å². The van der Waals surface area contributed by atoms with Gasteiger partial charge in [-0.15, -0.1) is 0 Å². The molecular formula is C14H24N2O3. The minimum atomic E-state index is -0.840. The van der Waals surface area contributed by atoms with Crippen LogP contribution < -0.4 is 5.32 Å². The summed E-state index contributed by atoms with van der Waals surface area (Å²) < 4.78 is 0. The monoisotopic (exact) mass is 268 g/mol. The van der Waals surface area contributed by atoms with Crippen LogP contribution in [0.4, 0.5) is 4.79 Å². The maximum atomic E-state index is 12.2. The number of amides is 2. The summed E-state index contributed by atoms with van der Waals surface area (Å²) in [5.74, 6) is -0.840. The maximum absolute atomic E-state index is 12.2. The number of nitrogens with one attached hydrogen (secondary N) is 1. The van der Waals surface area contributed by atoms with E-state index in [2.05, 4.69) is 5.32 Å². The molecule has 0 aromatic rings. The highest BCUT2D eigenvalue weighted by Crippen LogP contribution is 2.27. The summed E-state index contributed by atoms with van der Waals surface area (Å²) in [5.41, 5.74) is 0. The van der Waals surface area contributed by atoms with E-state index in [1.807, 2.05) is 0 Å². The van der Waals surface area contributed by atoms with Gasteiger partial charge in [0.1, 0.15) is 0 Å². The second-order valence-corrected chi connectivity index (χ2v) is 5.71. The summed E-state index contributed by atoms with van der Waals surface area (Å²) in [5, 5.41) is 11.8. The average molecular weight is 268 g/mol. The summed E-state index contributed by atoms with van der Waals surface area (Å²) in [7, 11) is 0. The van der Waals surface area contributed by atoms with Crippen molar-refractivity contribution in [2.75, 3.05) is 6.54 Å². The highest BCUT2D eigenvalue weighted by molar-refractivity contribution is 5.76. The lowest BCUT2D eigenvalue weighted by atomic mass is 10.1. The first kappa shape index (κ1) is 14.2. The molecule has 0 spiro atoms. The van der Waals surface area contributed by atoms with E-state index >= 15 is 0 Å². The Bertz CT molecular complexity index is 321. The van der Waals surface area contributed by atoms with Crippen LogP contribution in [-0.2, 0) is 4.79 Å². The van der Waals surface area contributed by atoms with E-state index in [-0.39, 0.29) is 24.5 Å². The quantitative estimate of drug-likeness (QED) is 0.752. The molecule has 2 N–H and O–H groups in total. The number of carbonyl (C=O) groups excluding carboxylic acids is 1. The third-order valence-corrected chi connectivity index (χ3v) is 4.00. The van der Waals surface area contributed by atoms with Crippen molar-refractivity contribution in [3.8, 4) is 0 Å². The van der Waals surface area contributed by atoms with Gasteiger partial charge < -0.3 is 15.3 Å². The molecule has 2 saturated carbocycles. The first-order valence-corrected chi connectivity index (χ1v) is 7.46. The molecule has 0 bridgehead atoms. The van der Waals surface area contributed by atoms with E-state index in [0.717, 1.165) is 25.7 Å². The number of hydrogen-bond donors (Lipinski definition) is 2. The van der Waals surface area contributed by atoms with Crippen molar-refractivity contribution in [3.63, 3.8) is 0 Å². The summed E-state index contributed by atoms with van der Waals surface area (Å²) in [4.78, 5) is 24.6. The van der Waals surface area contributed by atoms with Crippen LogP contribution in [0.15, 0.2) is 0 Å². The lowest BCUT2D eigenvalue weighted by molar-refractivity contribution is -0.137. The molecule has 2 rings (SSSR count). The largest absolute Gasteiger partial charge is 0.481 e. The van der Waals surface area contributed by atoms with Gasteiger partial charge in [0.25, 0.3) is 0 Å². The standard InChI is InChI=1S/C14H24N2O3/c17-13(18)9-10-16(12-7-8-12)14(19)15-11-5-3-1-2-4-6-11/h11-12H,1-10H2,(H,15,19)(H,17,18). The zero-order valence-corrected chi connectivity index (χ0v) is 11.4. The first-order valence-electron chi connectivity index (χ1n) is 7.46. The minimum Gasteiger partial charge on any atom is -0.481 e. The van der Waals surface area contributed by atoms with Gasteiger partial charge in [-0.3, -0.25) is 4.79 Å². The highest BCUT2D eigenvalue weighted by atomic mass is 16.4. The van der Waals surface area contributed by atoms with Gasteiger partial charge in [-0.1, -0.05) is 25.7 Å². The molecule has 0 aromatic heterocycles. The Morgan fingerprint density at radius 1 is 1.05 bits per heavy atom. The fraction of sp³-hybridized carbons (Fsp3) is 0.857. The van der Waals surface area contributed by atoms with E-state index in [1.54, 1.807) is 4.90 Å². The number of carboxylic acids is 1. The lowest BCUT2D eigenvalue weighted by Gasteiger charge is -2.25. The third kappa shape index (κ3) is 4.73. The molecule has 0 aliphatic heterocycles. The van der Waals surface area contributed by atoms with Crippen molar-refractivity contribution in [2.24, 2.45) is 0 Å². The van der Waals surface area contributed by atoms with Crippen LogP contribution in [0, 0.1) is 0 Å². The van der Waals surface area contributed by atoms with Crippen molar-refractivity contribution in [3.05, 3.63) is 0 Å². The van der Waals surface area contributed by atoms with Gasteiger partial charge in [0.05, 0.1) is 6.42 Å². The van der Waals surface area contributed by atoms with E-state index in [1.165, 1.54) is 25.7 Å². The molecule has 0 saturated heterocycles. The number of aliphatic carboxylic acids is 1. The molecule has 108 valence electrons. The molecule has 0 radical (unpaired) electrons. The highest BCUT2D eigenvalue weighted by Gasteiger charge is 2.33. The van der Waals surface area contributed by atoms with Gasteiger partial charge >= 0.3 is 12.0 Å². The third-order valence-electron chi connectivity index (χ3n) is 4.00. The van der Waals surface area contributed by atoms with Gasteiger partial charge in [0.15, 0.2) is 0 Å². The van der Waals surface area contributed by atoms with Gasteiger partial charge in [-0.25, -0.2) is 4.79 Å². The Kier molecular flexibility index (Phi) is 5.05. The van der Waals surface area contributed by atoms with Crippen LogP contribution in [0.2, 0.25) is 0 Å². The second kappa shape index (κ2) is 6.78. The van der Waals surface area contributed by atoms with Crippen molar-refractivity contribution >= 4 is 12.0 Å². The summed E-state index contributed by atoms with van der Waals surface area (Å²) in [6, 6.07) is 0.488. The molecule has 2 amide bonds. The Morgan fingerprint density at radius 2 is 1.68 bits per heavy atom. The second-order valence-electron chi connectivity index (χ2n) is 5.71. The van der Waals surface area contributed by atoms with Gasteiger partial charge in [0, 0.05) is 18.6 Å². The summed E-state index contributed by atoms with van der Waals surface area (Å²) in [6.45, 7) is 0.332. The van der Waals surface area contributed by atoms with Crippen LogP contribution in [0.3, 0.4) is 0 Å². The normalized spacial score (nSPS) is 20.6. The zero-order valence-electron chi connectivity index (χ0n) is 11.4. The molecule has 0 atom stereocenters. The fourth-order valence-corrected chi connectivity index (χ4v) is 2.73. The Labute approximate surface area is 114 Å². The van der Waals surface area contributed by atoms with Gasteiger partial charge in [-0.05, 0) is 25.7 Å². The number of urea groups is 1. The van der Waals surface area contributed by atoms with Crippen LogP contribution in [0.1, 0.15) is 57.8 Å². The maximum Gasteiger partial charge on any atom is 0.317 e. The number of carboxylic acid groups (broad SMARTS) is 1. The molecule has 19 heavy (non-hydrogen) atoms. The Hall–Kier alpha value is -1.26. The molecule has 2 aliphatic rings. The van der Waals surface area contributed by atoms with Crippen molar-refractivity contribution in [1.29, 1.82) is 0 Å². The molecular weight excluding hydrogens is 244 g/mol. The number of nitrogens with zero attached hydrogens (tertiary/aromatic N) is 1. The molecule has 5 heteroatoms. The molecule has 0 unspecified atom stereocenters. The fourth-order valence-electron chi connectivity index (χ4n) is 2.73. The van der Waals surface area contributed by atoms with Crippen LogP contribution >= 0.6 is 0 Å². The smallest absolute Gasteiger partial charge is 0.317 e. The van der Waals surface area contributed by atoms with Gasteiger partial charge in [-0.2, -0.15) is 0 Å². The topological polar surface area (TPSA) is 69.6 Å². The van der Waals surface area contributed by atoms with Crippen LogP contribution in [0.5, 0.6) is 0 Å². The van der Waals surface area contributed by atoms with E-state index in [0.29, 0.717) is 6.54 Å². The van der Waals surface area contributed by atoms with E-state index < -0.39 is 5.97 Å². The summed E-state index contributed by atoms with van der Waals surface area (Å²) in [6.07, 6.45) is 9.07. The zero-order chi connectivity index (χ0) is 13.7.